The lowest BCUT2D eigenvalue weighted by molar-refractivity contribution is 0.138. The zero-order valence-corrected chi connectivity index (χ0v) is 8.37. The summed E-state index contributed by atoms with van der Waals surface area (Å²) >= 11 is 0. The van der Waals surface area contributed by atoms with E-state index in [9.17, 15) is 9.59 Å². The van der Waals surface area contributed by atoms with Gasteiger partial charge >= 0.3 is 5.69 Å². The van der Waals surface area contributed by atoms with Crippen LogP contribution >= 0.6 is 0 Å². The standard InChI is InChI=1S/C9H14N2O3/c1-3-14-5-4-11-6-7(2)8(12)10-9(11)13/h6H,3-5H2,1-2H3,(H,10,12,13). The summed E-state index contributed by atoms with van der Waals surface area (Å²) in [4.78, 5) is 24.5. The Hall–Kier alpha value is -1.36. The number of H-pyrrole nitrogens is 1. The Kier molecular flexibility index (Phi) is 3.64. The van der Waals surface area contributed by atoms with Crippen LogP contribution in [0.4, 0.5) is 0 Å². The quantitative estimate of drug-likeness (QED) is 0.686. The molecule has 0 spiro atoms. The Morgan fingerprint density at radius 3 is 2.86 bits per heavy atom. The van der Waals surface area contributed by atoms with E-state index in [-0.39, 0.29) is 11.2 Å². The summed E-state index contributed by atoms with van der Waals surface area (Å²) in [5.41, 5.74) is -0.191. The molecule has 1 aromatic rings. The summed E-state index contributed by atoms with van der Waals surface area (Å²) in [6.45, 7) is 5.11. The third kappa shape index (κ3) is 2.56. The number of nitrogens with zero attached hydrogens (tertiary/aromatic N) is 1. The lowest BCUT2D eigenvalue weighted by atomic mass is 10.4. The number of hydrogen-bond donors (Lipinski definition) is 1. The number of rotatable bonds is 4. The fourth-order valence-electron chi connectivity index (χ4n) is 1.09. The fraction of sp³-hybridized carbons (Fsp3) is 0.556. The lowest BCUT2D eigenvalue weighted by Crippen LogP contribution is -2.31. The Bertz CT molecular complexity index is 405. The van der Waals surface area contributed by atoms with Gasteiger partial charge in [-0.1, -0.05) is 0 Å². The monoisotopic (exact) mass is 198 g/mol. The minimum absolute atomic E-state index is 0.331. The van der Waals surface area contributed by atoms with Gasteiger partial charge in [0.05, 0.1) is 13.2 Å². The van der Waals surface area contributed by atoms with E-state index in [1.807, 2.05) is 6.92 Å². The van der Waals surface area contributed by atoms with Gasteiger partial charge in [0, 0.05) is 18.4 Å². The van der Waals surface area contributed by atoms with E-state index in [1.54, 1.807) is 13.1 Å². The molecule has 0 saturated heterocycles. The SMILES string of the molecule is CCOCCn1cc(C)c(=O)[nH]c1=O. The summed E-state index contributed by atoms with van der Waals surface area (Å²) < 4.78 is 6.55. The maximum absolute atomic E-state index is 11.2. The predicted octanol–water partition coefficient (Wildman–Crippen LogP) is -0.118. The second-order valence-corrected chi connectivity index (χ2v) is 2.96. The lowest BCUT2D eigenvalue weighted by Gasteiger charge is -2.05. The highest BCUT2D eigenvalue weighted by molar-refractivity contribution is 5.00. The van der Waals surface area contributed by atoms with Crippen molar-refractivity contribution in [2.45, 2.75) is 20.4 Å². The van der Waals surface area contributed by atoms with E-state index in [4.69, 9.17) is 4.74 Å². The first-order chi connectivity index (χ1) is 6.65. The Morgan fingerprint density at radius 2 is 2.21 bits per heavy atom. The molecule has 5 heteroatoms. The molecule has 0 bridgehead atoms. The van der Waals surface area contributed by atoms with E-state index >= 15 is 0 Å². The van der Waals surface area contributed by atoms with Crippen molar-refractivity contribution in [1.29, 1.82) is 0 Å². The van der Waals surface area contributed by atoms with Crippen LogP contribution in [0.3, 0.4) is 0 Å². The van der Waals surface area contributed by atoms with Gasteiger partial charge in [-0.2, -0.15) is 0 Å². The smallest absolute Gasteiger partial charge is 0.328 e. The summed E-state index contributed by atoms with van der Waals surface area (Å²) in [6, 6.07) is 0. The van der Waals surface area contributed by atoms with Gasteiger partial charge in [0.15, 0.2) is 0 Å². The molecule has 0 unspecified atom stereocenters. The topological polar surface area (TPSA) is 64.1 Å². The fourth-order valence-corrected chi connectivity index (χ4v) is 1.09. The van der Waals surface area contributed by atoms with Crippen molar-refractivity contribution in [2.24, 2.45) is 0 Å². The highest BCUT2D eigenvalue weighted by atomic mass is 16.5. The van der Waals surface area contributed by atoms with Crippen LogP contribution in [0.5, 0.6) is 0 Å². The van der Waals surface area contributed by atoms with Crippen LogP contribution in [0, 0.1) is 6.92 Å². The van der Waals surface area contributed by atoms with Crippen LogP contribution in [0.1, 0.15) is 12.5 Å². The van der Waals surface area contributed by atoms with Crippen LogP contribution in [0.2, 0.25) is 0 Å². The highest BCUT2D eigenvalue weighted by Gasteiger charge is 1.99. The van der Waals surface area contributed by atoms with Gasteiger partial charge in [0.2, 0.25) is 0 Å². The van der Waals surface area contributed by atoms with E-state index < -0.39 is 0 Å². The Morgan fingerprint density at radius 1 is 1.50 bits per heavy atom. The molecule has 1 N–H and O–H groups in total. The van der Waals surface area contributed by atoms with Gasteiger partial charge in [-0.25, -0.2) is 4.79 Å². The maximum atomic E-state index is 11.2. The number of hydrogen-bond acceptors (Lipinski definition) is 3. The normalized spacial score (nSPS) is 10.4. The van der Waals surface area contributed by atoms with Crippen LogP contribution in [-0.2, 0) is 11.3 Å². The van der Waals surface area contributed by atoms with E-state index in [2.05, 4.69) is 4.98 Å². The summed E-state index contributed by atoms with van der Waals surface area (Å²) in [5, 5.41) is 0. The second-order valence-electron chi connectivity index (χ2n) is 2.96. The number of ether oxygens (including phenoxy) is 1. The predicted molar refractivity (Wildman–Crippen MR) is 52.6 cm³/mol. The number of aromatic amines is 1. The zero-order valence-electron chi connectivity index (χ0n) is 8.37. The van der Waals surface area contributed by atoms with Gasteiger partial charge in [-0.3, -0.25) is 14.3 Å². The van der Waals surface area contributed by atoms with Crippen LogP contribution in [-0.4, -0.2) is 22.8 Å². The van der Waals surface area contributed by atoms with Crippen molar-refractivity contribution in [3.05, 3.63) is 32.6 Å². The third-order valence-corrected chi connectivity index (χ3v) is 1.87. The van der Waals surface area contributed by atoms with E-state index in [0.29, 0.717) is 25.3 Å². The molecule has 1 heterocycles. The molecule has 1 aromatic heterocycles. The Labute approximate surface area is 81.3 Å². The molecule has 0 saturated carbocycles. The van der Waals surface area contributed by atoms with Crippen molar-refractivity contribution in [3.8, 4) is 0 Å². The molecule has 0 aromatic carbocycles. The first-order valence-corrected chi connectivity index (χ1v) is 4.53. The molecule has 78 valence electrons. The third-order valence-electron chi connectivity index (χ3n) is 1.87. The molecular weight excluding hydrogens is 184 g/mol. The number of aryl methyl sites for hydroxylation is 1. The zero-order chi connectivity index (χ0) is 10.6. The molecule has 0 fully saturated rings. The maximum Gasteiger partial charge on any atom is 0.328 e. The number of nitrogens with one attached hydrogen (secondary N) is 1. The molecule has 0 aliphatic carbocycles. The summed E-state index contributed by atoms with van der Waals surface area (Å²) in [5.74, 6) is 0. The van der Waals surface area contributed by atoms with Gasteiger partial charge in [-0.15, -0.1) is 0 Å². The Balaban J connectivity index is 2.82. The summed E-state index contributed by atoms with van der Waals surface area (Å²) in [6.07, 6.45) is 1.54. The number of aromatic nitrogens is 2. The average Bonchev–Trinajstić information content (AvgIpc) is 2.14. The summed E-state index contributed by atoms with van der Waals surface area (Å²) in [7, 11) is 0. The van der Waals surface area contributed by atoms with Crippen molar-refractivity contribution >= 4 is 0 Å². The second kappa shape index (κ2) is 4.76. The van der Waals surface area contributed by atoms with Crippen LogP contribution in [0.15, 0.2) is 15.8 Å². The molecule has 0 amide bonds. The molecule has 0 aliphatic heterocycles. The van der Waals surface area contributed by atoms with Gasteiger partial charge in [0.1, 0.15) is 0 Å². The molecule has 1 rings (SSSR count). The minimum Gasteiger partial charge on any atom is -0.380 e. The first kappa shape index (κ1) is 10.7. The van der Waals surface area contributed by atoms with Crippen molar-refractivity contribution in [1.82, 2.24) is 9.55 Å². The molecule has 0 radical (unpaired) electrons. The molecular formula is C9H14N2O3. The van der Waals surface area contributed by atoms with Crippen LogP contribution < -0.4 is 11.2 Å². The van der Waals surface area contributed by atoms with Gasteiger partial charge in [-0.05, 0) is 13.8 Å². The van der Waals surface area contributed by atoms with E-state index in [1.165, 1.54) is 4.57 Å². The largest absolute Gasteiger partial charge is 0.380 e. The first-order valence-electron chi connectivity index (χ1n) is 4.53. The molecule has 5 nitrogen and oxygen atoms in total. The minimum atomic E-state index is -0.389. The van der Waals surface area contributed by atoms with Crippen molar-refractivity contribution in [3.63, 3.8) is 0 Å². The van der Waals surface area contributed by atoms with E-state index in [0.717, 1.165) is 0 Å². The van der Waals surface area contributed by atoms with Gasteiger partial charge in [0.25, 0.3) is 5.56 Å². The van der Waals surface area contributed by atoms with Crippen LogP contribution in [0.25, 0.3) is 0 Å². The highest BCUT2D eigenvalue weighted by Crippen LogP contribution is 1.85. The molecule has 0 aliphatic rings. The average molecular weight is 198 g/mol. The molecule has 0 atom stereocenters. The van der Waals surface area contributed by atoms with Gasteiger partial charge < -0.3 is 4.74 Å². The van der Waals surface area contributed by atoms with Crippen molar-refractivity contribution in [2.75, 3.05) is 13.2 Å². The molecule has 14 heavy (non-hydrogen) atoms. The van der Waals surface area contributed by atoms with Crippen molar-refractivity contribution < 1.29 is 4.74 Å².